The van der Waals surface area contributed by atoms with Crippen LogP contribution >= 0.6 is 11.6 Å². The normalized spacial score (nSPS) is 9.92. The summed E-state index contributed by atoms with van der Waals surface area (Å²) in [5.41, 5.74) is 1.07. The Morgan fingerprint density at radius 1 is 1.69 bits per heavy atom. The third kappa shape index (κ3) is 2.46. The Labute approximate surface area is 82.9 Å². The molecule has 0 spiro atoms. The topological polar surface area (TPSA) is 41.6 Å². The fourth-order valence-electron chi connectivity index (χ4n) is 1.11. The first kappa shape index (κ1) is 10.1. The fourth-order valence-corrected chi connectivity index (χ4v) is 1.42. The second-order valence-electron chi connectivity index (χ2n) is 2.80. The Bertz CT molecular complexity index is 311. The van der Waals surface area contributed by atoms with Gasteiger partial charge in [0.1, 0.15) is 5.15 Å². The maximum absolute atomic E-state index is 8.35. The van der Waals surface area contributed by atoms with Crippen molar-refractivity contribution >= 4 is 11.6 Å². The third-order valence-electron chi connectivity index (χ3n) is 1.88. The van der Waals surface area contributed by atoms with Gasteiger partial charge in [0.2, 0.25) is 0 Å². The van der Waals surface area contributed by atoms with E-state index in [0.29, 0.717) is 11.6 Å². The van der Waals surface area contributed by atoms with Crippen LogP contribution in [-0.4, -0.2) is 9.78 Å². The Kier molecular flexibility index (Phi) is 3.78. The molecule has 0 N–H and O–H groups in total. The lowest BCUT2D eigenvalue weighted by Gasteiger charge is -2.00. The Morgan fingerprint density at radius 3 is 3.00 bits per heavy atom. The smallest absolute Gasteiger partial charge is 0.130 e. The van der Waals surface area contributed by atoms with Crippen LogP contribution in [-0.2, 0) is 13.0 Å². The molecule has 0 saturated carbocycles. The molecule has 13 heavy (non-hydrogen) atoms. The largest absolute Gasteiger partial charge is 0.254 e. The third-order valence-corrected chi connectivity index (χ3v) is 2.32. The number of nitriles is 1. The number of nitrogens with zero attached hydrogens (tertiary/aromatic N) is 3. The van der Waals surface area contributed by atoms with E-state index in [1.54, 1.807) is 10.9 Å². The van der Waals surface area contributed by atoms with E-state index in [2.05, 4.69) is 11.2 Å². The summed E-state index contributed by atoms with van der Waals surface area (Å²) in [4.78, 5) is 0. The predicted molar refractivity (Wildman–Crippen MR) is 51.5 cm³/mol. The minimum absolute atomic E-state index is 0.553. The number of hydrogen-bond acceptors (Lipinski definition) is 2. The molecule has 0 aliphatic rings. The van der Waals surface area contributed by atoms with Crippen molar-refractivity contribution < 1.29 is 0 Å². The second-order valence-corrected chi connectivity index (χ2v) is 3.16. The standard InChI is InChI=1S/C9H12ClN3/c1-2-8-7-12-13(9(8)10)6-4-3-5-11/h7H,2-4,6H2,1H3. The number of hydrogen-bond donors (Lipinski definition) is 0. The van der Waals surface area contributed by atoms with E-state index in [1.807, 2.05) is 6.92 Å². The van der Waals surface area contributed by atoms with Crippen LogP contribution in [0.3, 0.4) is 0 Å². The summed E-state index contributed by atoms with van der Waals surface area (Å²) in [5.74, 6) is 0. The minimum atomic E-state index is 0.553. The summed E-state index contributed by atoms with van der Waals surface area (Å²) in [6, 6.07) is 2.09. The van der Waals surface area contributed by atoms with Gasteiger partial charge in [0.15, 0.2) is 0 Å². The molecule has 0 aliphatic heterocycles. The lowest BCUT2D eigenvalue weighted by Crippen LogP contribution is -1.99. The Balaban J connectivity index is 2.57. The summed E-state index contributed by atoms with van der Waals surface area (Å²) < 4.78 is 1.75. The highest BCUT2D eigenvalue weighted by Crippen LogP contribution is 2.16. The average Bonchev–Trinajstić information content (AvgIpc) is 2.48. The molecule has 0 unspecified atom stereocenters. The summed E-state index contributed by atoms with van der Waals surface area (Å²) in [7, 11) is 0. The van der Waals surface area contributed by atoms with Gasteiger partial charge in [0.05, 0.1) is 12.3 Å². The van der Waals surface area contributed by atoms with Crippen molar-refractivity contribution in [2.45, 2.75) is 32.7 Å². The van der Waals surface area contributed by atoms with E-state index in [-0.39, 0.29) is 0 Å². The number of halogens is 1. The number of aromatic nitrogens is 2. The molecule has 70 valence electrons. The van der Waals surface area contributed by atoms with Gasteiger partial charge in [-0.15, -0.1) is 0 Å². The van der Waals surface area contributed by atoms with Gasteiger partial charge < -0.3 is 0 Å². The molecule has 1 heterocycles. The number of aryl methyl sites for hydroxylation is 2. The highest BCUT2D eigenvalue weighted by Gasteiger charge is 2.05. The van der Waals surface area contributed by atoms with E-state index < -0.39 is 0 Å². The quantitative estimate of drug-likeness (QED) is 0.696. The monoisotopic (exact) mass is 197 g/mol. The molecular weight excluding hydrogens is 186 g/mol. The Morgan fingerprint density at radius 2 is 2.46 bits per heavy atom. The molecule has 0 aliphatic carbocycles. The first-order chi connectivity index (χ1) is 6.29. The van der Waals surface area contributed by atoms with Gasteiger partial charge in [-0.05, 0) is 12.8 Å². The molecule has 0 aromatic carbocycles. The summed E-state index contributed by atoms with van der Waals surface area (Å²) in [6.07, 6.45) is 4.05. The van der Waals surface area contributed by atoms with Gasteiger partial charge in [-0.2, -0.15) is 10.4 Å². The first-order valence-electron chi connectivity index (χ1n) is 4.36. The maximum Gasteiger partial charge on any atom is 0.130 e. The van der Waals surface area contributed by atoms with Gasteiger partial charge in [-0.1, -0.05) is 18.5 Å². The van der Waals surface area contributed by atoms with E-state index in [9.17, 15) is 0 Å². The average molecular weight is 198 g/mol. The molecule has 3 nitrogen and oxygen atoms in total. The van der Waals surface area contributed by atoms with Crippen LogP contribution in [0.15, 0.2) is 6.20 Å². The van der Waals surface area contributed by atoms with Crippen LogP contribution < -0.4 is 0 Å². The zero-order valence-electron chi connectivity index (χ0n) is 7.63. The zero-order valence-corrected chi connectivity index (χ0v) is 8.38. The van der Waals surface area contributed by atoms with Crippen LogP contribution in [0.25, 0.3) is 0 Å². The van der Waals surface area contributed by atoms with Gasteiger partial charge in [0, 0.05) is 18.5 Å². The summed E-state index contributed by atoms with van der Waals surface area (Å²) in [6.45, 7) is 2.77. The molecule has 0 radical (unpaired) electrons. The minimum Gasteiger partial charge on any atom is -0.254 e. The fraction of sp³-hybridized carbons (Fsp3) is 0.556. The van der Waals surface area contributed by atoms with Crippen LogP contribution in [0.2, 0.25) is 5.15 Å². The van der Waals surface area contributed by atoms with E-state index in [4.69, 9.17) is 16.9 Å². The van der Waals surface area contributed by atoms with Crippen molar-refractivity contribution in [2.24, 2.45) is 0 Å². The van der Waals surface area contributed by atoms with Crippen molar-refractivity contribution in [1.29, 1.82) is 5.26 Å². The number of rotatable bonds is 4. The zero-order chi connectivity index (χ0) is 9.68. The lowest BCUT2D eigenvalue weighted by atomic mass is 10.3. The van der Waals surface area contributed by atoms with Crippen molar-refractivity contribution in [3.63, 3.8) is 0 Å². The van der Waals surface area contributed by atoms with Gasteiger partial charge >= 0.3 is 0 Å². The van der Waals surface area contributed by atoms with Crippen molar-refractivity contribution in [3.8, 4) is 6.07 Å². The molecule has 0 amide bonds. The summed E-state index contributed by atoms with van der Waals surface area (Å²) in [5, 5.41) is 13.2. The lowest BCUT2D eigenvalue weighted by molar-refractivity contribution is 0.586. The molecule has 0 fully saturated rings. The van der Waals surface area contributed by atoms with Crippen molar-refractivity contribution in [1.82, 2.24) is 9.78 Å². The predicted octanol–water partition coefficient (Wildman–Crippen LogP) is 2.40. The van der Waals surface area contributed by atoms with Crippen molar-refractivity contribution in [2.75, 3.05) is 0 Å². The van der Waals surface area contributed by atoms with Crippen molar-refractivity contribution in [3.05, 3.63) is 16.9 Å². The summed E-state index contributed by atoms with van der Waals surface area (Å²) >= 11 is 6.02. The Hall–Kier alpha value is -1.01. The van der Waals surface area contributed by atoms with Crippen LogP contribution in [0.1, 0.15) is 25.3 Å². The van der Waals surface area contributed by atoms with Crippen LogP contribution in [0.4, 0.5) is 0 Å². The second kappa shape index (κ2) is 4.88. The molecule has 0 atom stereocenters. The number of unbranched alkanes of at least 4 members (excludes halogenated alkanes) is 1. The van der Waals surface area contributed by atoms with Gasteiger partial charge in [-0.25, -0.2) is 0 Å². The molecule has 1 aromatic heterocycles. The molecule has 4 heteroatoms. The van der Waals surface area contributed by atoms with Gasteiger partial charge in [-0.3, -0.25) is 4.68 Å². The maximum atomic E-state index is 8.35. The van der Waals surface area contributed by atoms with E-state index in [1.165, 1.54) is 0 Å². The molecule has 0 saturated heterocycles. The van der Waals surface area contributed by atoms with E-state index in [0.717, 1.165) is 24.9 Å². The van der Waals surface area contributed by atoms with E-state index >= 15 is 0 Å². The molecule has 1 aromatic rings. The highest BCUT2D eigenvalue weighted by atomic mass is 35.5. The first-order valence-corrected chi connectivity index (χ1v) is 4.74. The van der Waals surface area contributed by atoms with Crippen LogP contribution in [0.5, 0.6) is 0 Å². The SMILES string of the molecule is CCc1cnn(CCCC#N)c1Cl. The van der Waals surface area contributed by atoms with Crippen LogP contribution in [0, 0.1) is 11.3 Å². The molecular formula is C9H12ClN3. The van der Waals surface area contributed by atoms with Gasteiger partial charge in [0.25, 0.3) is 0 Å². The molecule has 0 bridgehead atoms. The molecule has 1 rings (SSSR count). The highest BCUT2D eigenvalue weighted by molar-refractivity contribution is 6.30.